The molecular weight excluding hydrogens is 288 g/mol. The van der Waals surface area contributed by atoms with Crippen LogP contribution in [0.25, 0.3) is 0 Å². The molecule has 0 saturated carbocycles. The molecule has 0 N–H and O–H groups in total. The first-order valence-electron chi connectivity index (χ1n) is 6.46. The van der Waals surface area contributed by atoms with E-state index in [1.807, 2.05) is 62.4 Å². The minimum Gasteiger partial charge on any atom is -0.254 e. The molecule has 0 aliphatic carbocycles. The standard InChI is InChI=1S/C16H18O2S2/c1-13-3-7-15(8-4-13)19(17)11-12-20(18)16-9-5-14(2)6-10-16/h3-10H,11-12H2,1-2H3. The molecule has 106 valence electrons. The summed E-state index contributed by atoms with van der Waals surface area (Å²) in [5.74, 6) is 0.840. The molecule has 0 aromatic heterocycles. The van der Waals surface area contributed by atoms with Gasteiger partial charge in [-0.1, -0.05) is 35.4 Å². The minimum absolute atomic E-state index is 0.420. The van der Waals surface area contributed by atoms with Crippen LogP contribution in [0.4, 0.5) is 0 Å². The van der Waals surface area contributed by atoms with Crippen LogP contribution in [0.5, 0.6) is 0 Å². The van der Waals surface area contributed by atoms with Gasteiger partial charge in [-0.15, -0.1) is 0 Å². The van der Waals surface area contributed by atoms with E-state index < -0.39 is 21.6 Å². The molecule has 0 aliphatic heterocycles. The van der Waals surface area contributed by atoms with E-state index in [0.29, 0.717) is 11.5 Å². The van der Waals surface area contributed by atoms with Crippen molar-refractivity contribution >= 4 is 21.6 Å². The first kappa shape index (κ1) is 15.1. The zero-order valence-electron chi connectivity index (χ0n) is 11.7. The van der Waals surface area contributed by atoms with Gasteiger partial charge in [-0.25, -0.2) is 0 Å². The van der Waals surface area contributed by atoms with Gasteiger partial charge in [0.15, 0.2) is 0 Å². The van der Waals surface area contributed by atoms with E-state index in [4.69, 9.17) is 0 Å². The summed E-state index contributed by atoms with van der Waals surface area (Å²) < 4.78 is 24.2. The lowest BCUT2D eigenvalue weighted by Crippen LogP contribution is -2.08. The highest BCUT2D eigenvalue weighted by Crippen LogP contribution is 2.11. The highest BCUT2D eigenvalue weighted by atomic mass is 32.2. The van der Waals surface area contributed by atoms with Crippen molar-refractivity contribution in [2.45, 2.75) is 23.6 Å². The normalized spacial score (nSPS) is 13.9. The predicted molar refractivity (Wildman–Crippen MR) is 84.9 cm³/mol. The third-order valence-corrected chi connectivity index (χ3v) is 6.03. The first-order chi connectivity index (χ1) is 9.56. The largest absolute Gasteiger partial charge is 0.254 e. The fourth-order valence-electron chi connectivity index (χ4n) is 1.77. The highest BCUT2D eigenvalue weighted by molar-refractivity contribution is 7.88. The van der Waals surface area contributed by atoms with E-state index in [-0.39, 0.29) is 0 Å². The highest BCUT2D eigenvalue weighted by Gasteiger charge is 2.08. The van der Waals surface area contributed by atoms with Gasteiger partial charge in [-0.3, -0.25) is 8.42 Å². The molecule has 2 aromatic rings. The molecule has 20 heavy (non-hydrogen) atoms. The molecule has 0 amide bonds. The summed E-state index contributed by atoms with van der Waals surface area (Å²) in [6.45, 7) is 4.00. The van der Waals surface area contributed by atoms with Crippen LogP contribution in [-0.2, 0) is 21.6 Å². The van der Waals surface area contributed by atoms with E-state index in [1.54, 1.807) is 0 Å². The van der Waals surface area contributed by atoms with E-state index in [9.17, 15) is 8.42 Å². The van der Waals surface area contributed by atoms with Gasteiger partial charge >= 0.3 is 0 Å². The first-order valence-corrected chi connectivity index (χ1v) is 9.10. The quantitative estimate of drug-likeness (QED) is 0.850. The molecule has 2 atom stereocenters. The molecule has 2 aromatic carbocycles. The van der Waals surface area contributed by atoms with Gasteiger partial charge in [0.05, 0.1) is 21.6 Å². The molecule has 0 bridgehead atoms. The van der Waals surface area contributed by atoms with E-state index >= 15 is 0 Å². The Hall–Kier alpha value is -1.26. The Morgan fingerprint density at radius 3 is 1.25 bits per heavy atom. The fraction of sp³-hybridized carbons (Fsp3) is 0.250. The lowest BCUT2D eigenvalue weighted by atomic mass is 10.2. The van der Waals surface area contributed by atoms with Crippen LogP contribution in [0.3, 0.4) is 0 Å². The zero-order valence-corrected chi connectivity index (χ0v) is 13.3. The summed E-state index contributed by atoms with van der Waals surface area (Å²) in [4.78, 5) is 1.60. The second kappa shape index (κ2) is 6.95. The summed E-state index contributed by atoms with van der Waals surface area (Å²) in [7, 11) is -2.17. The van der Waals surface area contributed by atoms with Crippen molar-refractivity contribution in [2.75, 3.05) is 11.5 Å². The third kappa shape index (κ3) is 4.12. The molecular formula is C16H18O2S2. The Balaban J connectivity index is 1.94. The summed E-state index contributed by atoms with van der Waals surface area (Å²) in [5.41, 5.74) is 2.29. The summed E-state index contributed by atoms with van der Waals surface area (Å²) in [5, 5.41) is 0. The average molecular weight is 306 g/mol. The summed E-state index contributed by atoms with van der Waals surface area (Å²) in [6, 6.07) is 15.3. The van der Waals surface area contributed by atoms with Gasteiger partial charge < -0.3 is 0 Å². The monoisotopic (exact) mass is 306 g/mol. The number of aryl methyl sites for hydroxylation is 2. The van der Waals surface area contributed by atoms with Gasteiger partial charge in [0.25, 0.3) is 0 Å². The number of benzene rings is 2. The molecule has 0 heterocycles. The van der Waals surface area contributed by atoms with Crippen molar-refractivity contribution < 1.29 is 8.42 Å². The SMILES string of the molecule is Cc1ccc(S(=O)CCS(=O)c2ccc(C)cc2)cc1. The molecule has 0 aliphatic rings. The Labute approximate surface area is 125 Å². The van der Waals surface area contributed by atoms with Crippen molar-refractivity contribution in [3.05, 3.63) is 59.7 Å². The van der Waals surface area contributed by atoms with Crippen LogP contribution in [0.1, 0.15) is 11.1 Å². The molecule has 2 unspecified atom stereocenters. The fourth-order valence-corrected chi connectivity index (χ4v) is 4.33. The second-order valence-corrected chi connectivity index (χ2v) is 7.87. The van der Waals surface area contributed by atoms with Crippen LogP contribution in [0.15, 0.2) is 58.3 Å². The number of rotatable bonds is 5. The number of hydrogen-bond donors (Lipinski definition) is 0. The second-order valence-electron chi connectivity index (χ2n) is 4.73. The maximum Gasteiger partial charge on any atom is 0.0538 e. The van der Waals surface area contributed by atoms with Crippen molar-refractivity contribution in [1.29, 1.82) is 0 Å². The van der Waals surface area contributed by atoms with Crippen molar-refractivity contribution in [2.24, 2.45) is 0 Å². The van der Waals surface area contributed by atoms with Crippen molar-refractivity contribution in [3.63, 3.8) is 0 Å². The molecule has 0 radical (unpaired) electrons. The third-order valence-electron chi connectivity index (χ3n) is 3.02. The van der Waals surface area contributed by atoms with Gasteiger partial charge in [-0.2, -0.15) is 0 Å². The van der Waals surface area contributed by atoms with E-state index in [1.165, 1.54) is 0 Å². The zero-order chi connectivity index (χ0) is 14.5. The predicted octanol–water partition coefficient (Wildman–Crippen LogP) is 3.22. The molecule has 0 saturated heterocycles. The maximum absolute atomic E-state index is 12.1. The van der Waals surface area contributed by atoms with Crippen LogP contribution >= 0.6 is 0 Å². The summed E-state index contributed by atoms with van der Waals surface area (Å²) >= 11 is 0. The van der Waals surface area contributed by atoms with Gasteiger partial charge in [-0.05, 0) is 38.1 Å². The Kier molecular flexibility index (Phi) is 5.26. The van der Waals surface area contributed by atoms with Crippen molar-refractivity contribution in [3.8, 4) is 0 Å². The number of hydrogen-bond acceptors (Lipinski definition) is 2. The smallest absolute Gasteiger partial charge is 0.0538 e. The van der Waals surface area contributed by atoms with Crippen LogP contribution in [-0.4, -0.2) is 19.9 Å². The summed E-state index contributed by atoms with van der Waals surface area (Å²) in [6.07, 6.45) is 0. The van der Waals surface area contributed by atoms with Crippen LogP contribution in [0, 0.1) is 13.8 Å². The van der Waals surface area contributed by atoms with Crippen LogP contribution < -0.4 is 0 Å². The lowest BCUT2D eigenvalue weighted by molar-refractivity contribution is 0.678. The van der Waals surface area contributed by atoms with Gasteiger partial charge in [0.1, 0.15) is 0 Å². The van der Waals surface area contributed by atoms with Crippen LogP contribution in [0.2, 0.25) is 0 Å². The van der Waals surface area contributed by atoms with Crippen molar-refractivity contribution in [1.82, 2.24) is 0 Å². The van der Waals surface area contributed by atoms with Gasteiger partial charge in [0, 0.05) is 21.3 Å². The molecule has 2 rings (SSSR count). The molecule has 0 fully saturated rings. The van der Waals surface area contributed by atoms with E-state index in [0.717, 1.165) is 20.9 Å². The van der Waals surface area contributed by atoms with Gasteiger partial charge in [0.2, 0.25) is 0 Å². The Bertz CT molecular complexity index is 558. The maximum atomic E-state index is 12.1. The average Bonchev–Trinajstić information content (AvgIpc) is 2.46. The molecule has 0 spiro atoms. The minimum atomic E-state index is -1.08. The topological polar surface area (TPSA) is 34.1 Å². The Morgan fingerprint density at radius 2 is 0.950 bits per heavy atom. The molecule has 2 nitrogen and oxygen atoms in total. The van der Waals surface area contributed by atoms with E-state index in [2.05, 4.69) is 0 Å². The Morgan fingerprint density at radius 1 is 0.650 bits per heavy atom. The lowest BCUT2D eigenvalue weighted by Gasteiger charge is -2.04. The molecule has 4 heteroatoms.